The Morgan fingerprint density at radius 1 is 0.465 bits per heavy atom. The zero-order valence-electron chi connectivity index (χ0n) is 27.4. The molecule has 43 heavy (non-hydrogen) atoms. The van der Waals surface area contributed by atoms with Crippen molar-refractivity contribution in [2.45, 2.75) is 161 Å². The lowest BCUT2D eigenvalue weighted by Crippen LogP contribution is -2.18. The Hall–Kier alpha value is -2.62. The molecule has 0 aliphatic carbocycles. The second-order valence-corrected chi connectivity index (χ2v) is 12.2. The van der Waals surface area contributed by atoms with Crippen LogP contribution in [0.15, 0.2) is 60.7 Å². The van der Waals surface area contributed by atoms with Gasteiger partial charge in [0.15, 0.2) is 0 Å². The number of carbonyl (C=O) groups excluding carboxylic acids is 2. The monoisotopic (exact) mass is 592 g/mol. The van der Waals surface area contributed by atoms with Crippen molar-refractivity contribution >= 4 is 11.9 Å². The first kappa shape index (κ1) is 36.6. The molecule has 0 saturated heterocycles. The van der Waals surface area contributed by atoms with E-state index in [1.165, 1.54) is 89.9 Å². The third kappa shape index (κ3) is 17.9. The van der Waals surface area contributed by atoms with Gasteiger partial charge in [0, 0.05) is 19.3 Å². The van der Waals surface area contributed by atoms with E-state index in [0.29, 0.717) is 19.3 Å². The Labute approximate surface area is 263 Å². The molecule has 0 aliphatic rings. The largest absolute Gasteiger partial charge is 0.457 e. The van der Waals surface area contributed by atoms with Crippen molar-refractivity contribution in [3.63, 3.8) is 0 Å². The Balaban J connectivity index is 1.87. The molecule has 0 heterocycles. The van der Waals surface area contributed by atoms with E-state index in [-0.39, 0.29) is 11.9 Å². The van der Waals surface area contributed by atoms with Gasteiger partial charge in [0.2, 0.25) is 0 Å². The summed E-state index contributed by atoms with van der Waals surface area (Å²) in [5, 5.41) is 0. The van der Waals surface area contributed by atoms with Gasteiger partial charge in [0.25, 0.3) is 0 Å². The van der Waals surface area contributed by atoms with Gasteiger partial charge in [-0.05, 0) is 24.0 Å². The third-order valence-electron chi connectivity index (χ3n) is 8.29. The van der Waals surface area contributed by atoms with Gasteiger partial charge in [0.05, 0.1) is 0 Å². The highest BCUT2D eigenvalue weighted by Crippen LogP contribution is 2.33. The summed E-state index contributed by atoms with van der Waals surface area (Å²) in [5.41, 5.74) is 1.86. The number of rotatable bonds is 26. The van der Waals surface area contributed by atoms with Crippen LogP contribution in [-0.2, 0) is 19.1 Å². The first-order valence-corrected chi connectivity index (χ1v) is 17.6. The van der Waals surface area contributed by atoms with Gasteiger partial charge in [-0.3, -0.25) is 9.59 Å². The number of carbonyl (C=O) groups is 2. The summed E-state index contributed by atoms with van der Waals surface area (Å²) < 4.78 is 12.1. The van der Waals surface area contributed by atoms with Crippen LogP contribution in [0.5, 0.6) is 0 Å². The molecule has 2 rings (SSSR count). The van der Waals surface area contributed by atoms with Crippen LogP contribution in [0.2, 0.25) is 0 Å². The molecule has 0 saturated carbocycles. The van der Waals surface area contributed by atoms with E-state index < -0.39 is 12.2 Å². The fourth-order valence-electron chi connectivity index (χ4n) is 5.63. The number of unbranched alkanes of at least 4 members (excludes halogenated alkanes) is 16. The molecule has 0 N–H and O–H groups in total. The highest BCUT2D eigenvalue weighted by molar-refractivity contribution is 5.70. The molecule has 0 aliphatic heterocycles. The molecule has 0 amide bonds. The van der Waals surface area contributed by atoms with Crippen molar-refractivity contribution in [1.29, 1.82) is 0 Å². The summed E-state index contributed by atoms with van der Waals surface area (Å²) in [5.74, 6) is -0.353. The Kier molecular flexibility index (Phi) is 21.1. The van der Waals surface area contributed by atoms with E-state index in [1.54, 1.807) is 0 Å². The number of hydrogen-bond acceptors (Lipinski definition) is 4. The summed E-state index contributed by atoms with van der Waals surface area (Å²) in [6, 6.07) is 19.7. The van der Waals surface area contributed by atoms with Crippen molar-refractivity contribution in [2.75, 3.05) is 0 Å². The van der Waals surface area contributed by atoms with Crippen LogP contribution >= 0.6 is 0 Å². The second-order valence-electron chi connectivity index (χ2n) is 12.2. The van der Waals surface area contributed by atoms with E-state index >= 15 is 0 Å². The first-order valence-electron chi connectivity index (χ1n) is 17.6. The van der Waals surface area contributed by atoms with E-state index in [4.69, 9.17) is 9.47 Å². The average Bonchev–Trinajstić information content (AvgIpc) is 3.03. The predicted molar refractivity (Wildman–Crippen MR) is 179 cm³/mol. The summed E-state index contributed by atoms with van der Waals surface area (Å²) >= 11 is 0. The van der Waals surface area contributed by atoms with E-state index in [0.717, 1.165) is 36.8 Å². The minimum absolute atomic E-state index is 0.176. The standard InChI is InChI=1S/C39H60O4/c1-3-5-7-9-11-13-15-17-25-31-38(40)42-36(34-27-21-19-22-28-34)33-37(35-29-23-20-24-30-35)43-39(41)32-26-18-16-14-12-10-8-6-4-2/h19-24,27-30,36-37H,3-18,25-26,31-33H2,1-2H3/t36-,37-/m0/s1. The van der Waals surface area contributed by atoms with Gasteiger partial charge in [-0.25, -0.2) is 0 Å². The van der Waals surface area contributed by atoms with E-state index in [1.807, 2.05) is 60.7 Å². The van der Waals surface area contributed by atoms with Gasteiger partial charge in [0.1, 0.15) is 12.2 Å². The summed E-state index contributed by atoms with van der Waals surface area (Å²) in [7, 11) is 0. The zero-order valence-corrected chi connectivity index (χ0v) is 27.4. The number of hydrogen-bond donors (Lipinski definition) is 0. The van der Waals surface area contributed by atoms with E-state index in [9.17, 15) is 9.59 Å². The molecule has 0 unspecified atom stereocenters. The van der Waals surface area contributed by atoms with Gasteiger partial charge in [-0.2, -0.15) is 0 Å². The van der Waals surface area contributed by atoms with Crippen LogP contribution < -0.4 is 0 Å². The Bertz CT molecular complexity index is 865. The second kappa shape index (κ2) is 24.8. The molecule has 2 aromatic rings. The third-order valence-corrected chi connectivity index (χ3v) is 8.29. The number of esters is 2. The van der Waals surface area contributed by atoms with Gasteiger partial charge >= 0.3 is 11.9 Å². The molecule has 0 bridgehead atoms. The number of benzene rings is 2. The molecular weight excluding hydrogens is 532 g/mol. The maximum Gasteiger partial charge on any atom is 0.306 e. The van der Waals surface area contributed by atoms with Crippen LogP contribution in [0, 0.1) is 0 Å². The van der Waals surface area contributed by atoms with Crippen molar-refractivity contribution in [3.05, 3.63) is 71.8 Å². The lowest BCUT2D eigenvalue weighted by atomic mass is 9.98. The molecule has 240 valence electrons. The quantitative estimate of drug-likeness (QED) is 0.0805. The van der Waals surface area contributed by atoms with Crippen LogP contribution in [0.25, 0.3) is 0 Å². The van der Waals surface area contributed by atoms with Crippen LogP contribution in [0.3, 0.4) is 0 Å². The van der Waals surface area contributed by atoms with Crippen molar-refractivity contribution in [1.82, 2.24) is 0 Å². The van der Waals surface area contributed by atoms with Gasteiger partial charge in [-0.15, -0.1) is 0 Å². The minimum atomic E-state index is -0.474. The molecule has 4 heteroatoms. The molecule has 2 aromatic carbocycles. The fraction of sp³-hybridized carbons (Fsp3) is 0.641. The first-order chi connectivity index (χ1) is 21.1. The van der Waals surface area contributed by atoms with Gasteiger partial charge < -0.3 is 9.47 Å². The average molecular weight is 593 g/mol. The lowest BCUT2D eigenvalue weighted by molar-refractivity contribution is -0.156. The van der Waals surface area contributed by atoms with Gasteiger partial charge in [-0.1, -0.05) is 177 Å². The zero-order chi connectivity index (χ0) is 30.8. The highest BCUT2D eigenvalue weighted by Gasteiger charge is 2.25. The normalized spacial score (nSPS) is 12.5. The summed E-state index contributed by atoms with van der Waals surface area (Å²) in [6.07, 6.45) is 22.1. The molecule has 4 nitrogen and oxygen atoms in total. The SMILES string of the molecule is CCCCCCCCCCCC(=O)O[C@@H](C[C@H](OC(=O)CCCCCCCCCCC)c1ccccc1)c1ccccc1. The van der Waals surface area contributed by atoms with Crippen LogP contribution in [0.1, 0.15) is 172 Å². The van der Waals surface area contributed by atoms with Crippen molar-refractivity contribution in [3.8, 4) is 0 Å². The molecule has 2 atom stereocenters. The molecule has 0 aromatic heterocycles. The highest BCUT2D eigenvalue weighted by atomic mass is 16.6. The maximum absolute atomic E-state index is 12.9. The Morgan fingerprint density at radius 3 is 1.09 bits per heavy atom. The van der Waals surface area contributed by atoms with Crippen LogP contribution in [0.4, 0.5) is 0 Å². The van der Waals surface area contributed by atoms with Crippen LogP contribution in [-0.4, -0.2) is 11.9 Å². The Morgan fingerprint density at radius 2 is 0.767 bits per heavy atom. The molecule has 0 fully saturated rings. The van der Waals surface area contributed by atoms with E-state index in [2.05, 4.69) is 13.8 Å². The summed E-state index contributed by atoms with van der Waals surface area (Å²) in [6.45, 7) is 4.49. The summed E-state index contributed by atoms with van der Waals surface area (Å²) in [4.78, 5) is 25.9. The van der Waals surface area contributed by atoms with Crippen molar-refractivity contribution < 1.29 is 19.1 Å². The smallest absolute Gasteiger partial charge is 0.306 e. The molecular formula is C39H60O4. The topological polar surface area (TPSA) is 52.6 Å². The predicted octanol–water partition coefficient (Wildman–Crippen LogP) is 11.8. The fourth-order valence-corrected chi connectivity index (χ4v) is 5.63. The molecule has 0 spiro atoms. The number of ether oxygens (including phenoxy) is 2. The lowest BCUT2D eigenvalue weighted by Gasteiger charge is -2.25. The van der Waals surface area contributed by atoms with Crippen molar-refractivity contribution in [2.24, 2.45) is 0 Å². The maximum atomic E-state index is 12.9. The molecule has 0 radical (unpaired) electrons. The minimum Gasteiger partial charge on any atom is -0.457 e.